The average molecular weight is 275 g/mol. The molecule has 0 unspecified atom stereocenters. The van der Waals surface area contributed by atoms with Gasteiger partial charge in [0.1, 0.15) is 0 Å². The Hall–Kier alpha value is -1.78. The number of hydrogen-bond donors (Lipinski definition) is 1. The highest BCUT2D eigenvalue weighted by Crippen LogP contribution is 2.18. The molecule has 2 heterocycles. The van der Waals surface area contributed by atoms with Crippen LogP contribution < -0.4 is 5.32 Å². The van der Waals surface area contributed by atoms with Crippen LogP contribution in [0.4, 0.5) is 5.82 Å². The molecule has 0 spiro atoms. The number of aromatic nitrogens is 4. The molecule has 5 heteroatoms. The quantitative estimate of drug-likeness (QED) is 0.909. The van der Waals surface area contributed by atoms with Gasteiger partial charge in [0.15, 0.2) is 5.82 Å². The zero-order valence-corrected chi connectivity index (χ0v) is 13.3. The van der Waals surface area contributed by atoms with Crippen LogP contribution >= 0.6 is 0 Å². The zero-order chi connectivity index (χ0) is 14.9. The van der Waals surface area contributed by atoms with E-state index in [1.165, 1.54) is 16.8 Å². The highest BCUT2D eigenvalue weighted by molar-refractivity contribution is 5.42. The number of hydrogen-bond acceptors (Lipinski definition) is 3. The maximum absolute atomic E-state index is 4.57. The summed E-state index contributed by atoms with van der Waals surface area (Å²) in [5.74, 6) is 0.954. The van der Waals surface area contributed by atoms with Crippen LogP contribution in [-0.4, -0.2) is 19.6 Å². The Morgan fingerprint density at radius 2 is 1.85 bits per heavy atom. The first-order valence-electron chi connectivity index (χ1n) is 7.22. The Morgan fingerprint density at radius 1 is 1.15 bits per heavy atom. The number of anilines is 1. The number of rotatable bonds is 5. The van der Waals surface area contributed by atoms with E-state index in [0.29, 0.717) is 12.1 Å². The van der Waals surface area contributed by atoms with Crippen molar-refractivity contribution in [1.29, 1.82) is 0 Å². The summed E-state index contributed by atoms with van der Waals surface area (Å²) in [7, 11) is 0. The second-order valence-corrected chi connectivity index (χ2v) is 5.88. The van der Waals surface area contributed by atoms with Crippen molar-refractivity contribution in [1.82, 2.24) is 19.6 Å². The van der Waals surface area contributed by atoms with Gasteiger partial charge in [-0.3, -0.25) is 9.36 Å². The second-order valence-electron chi connectivity index (χ2n) is 5.88. The van der Waals surface area contributed by atoms with E-state index in [-0.39, 0.29) is 0 Å². The SMILES string of the molecule is Cc1cn(C(C)C)nc1NCc1cnn(C(C)C)c1C. The lowest BCUT2D eigenvalue weighted by atomic mass is 10.2. The molecular weight excluding hydrogens is 250 g/mol. The smallest absolute Gasteiger partial charge is 0.151 e. The lowest BCUT2D eigenvalue weighted by molar-refractivity contribution is 0.518. The third-order valence-electron chi connectivity index (χ3n) is 3.53. The summed E-state index contributed by atoms with van der Waals surface area (Å²) in [5.41, 5.74) is 3.61. The van der Waals surface area contributed by atoms with Gasteiger partial charge in [0.25, 0.3) is 0 Å². The van der Waals surface area contributed by atoms with Crippen molar-refractivity contribution < 1.29 is 0 Å². The van der Waals surface area contributed by atoms with E-state index >= 15 is 0 Å². The fourth-order valence-electron chi connectivity index (χ4n) is 2.25. The molecule has 0 aliphatic heterocycles. The first-order chi connectivity index (χ1) is 9.40. The summed E-state index contributed by atoms with van der Waals surface area (Å²) < 4.78 is 4.04. The van der Waals surface area contributed by atoms with Crippen LogP contribution in [0.1, 0.15) is 56.6 Å². The monoisotopic (exact) mass is 275 g/mol. The Balaban J connectivity index is 2.09. The fourth-order valence-corrected chi connectivity index (χ4v) is 2.25. The van der Waals surface area contributed by atoms with E-state index in [0.717, 1.165) is 12.4 Å². The van der Waals surface area contributed by atoms with Gasteiger partial charge < -0.3 is 5.32 Å². The van der Waals surface area contributed by atoms with Crippen LogP contribution in [0.5, 0.6) is 0 Å². The first kappa shape index (κ1) is 14.6. The van der Waals surface area contributed by atoms with E-state index in [1.54, 1.807) is 0 Å². The molecule has 0 aromatic carbocycles. The van der Waals surface area contributed by atoms with Gasteiger partial charge in [-0.25, -0.2) is 0 Å². The third-order valence-corrected chi connectivity index (χ3v) is 3.53. The Morgan fingerprint density at radius 3 is 2.35 bits per heavy atom. The molecule has 0 aliphatic carbocycles. The van der Waals surface area contributed by atoms with Gasteiger partial charge in [-0.05, 0) is 41.5 Å². The molecule has 2 aromatic rings. The van der Waals surface area contributed by atoms with Crippen molar-refractivity contribution in [3.05, 3.63) is 29.2 Å². The molecule has 2 rings (SSSR count). The summed E-state index contributed by atoms with van der Waals surface area (Å²) in [6.45, 7) is 13.5. The second kappa shape index (κ2) is 5.69. The molecule has 0 bridgehead atoms. The third kappa shape index (κ3) is 2.86. The van der Waals surface area contributed by atoms with Gasteiger partial charge in [0, 0.05) is 41.6 Å². The van der Waals surface area contributed by atoms with Crippen LogP contribution in [0.15, 0.2) is 12.4 Å². The summed E-state index contributed by atoms with van der Waals surface area (Å²) in [4.78, 5) is 0. The van der Waals surface area contributed by atoms with Crippen LogP contribution in [0, 0.1) is 13.8 Å². The van der Waals surface area contributed by atoms with E-state index in [9.17, 15) is 0 Å². The molecule has 0 saturated carbocycles. The predicted octanol–water partition coefficient (Wildman–Crippen LogP) is 3.47. The van der Waals surface area contributed by atoms with Crippen LogP contribution in [0.2, 0.25) is 0 Å². The summed E-state index contributed by atoms with van der Waals surface area (Å²) in [6.07, 6.45) is 4.02. The first-order valence-corrected chi connectivity index (χ1v) is 7.22. The summed E-state index contributed by atoms with van der Waals surface area (Å²) in [6, 6.07) is 0.778. The minimum absolute atomic E-state index is 0.384. The van der Waals surface area contributed by atoms with E-state index in [1.807, 2.05) is 10.9 Å². The lowest BCUT2D eigenvalue weighted by Crippen LogP contribution is -2.07. The van der Waals surface area contributed by atoms with Crippen molar-refractivity contribution in [2.24, 2.45) is 0 Å². The molecule has 0 saturated heterocycles. The molecular formula is C15H25N5. The van der Waals surface area contributed by atoms with Crippen LogP contribution in [-0.2, 0) is 6.54 Å². The molecule has 1 N–H and O–H groups in total. The van der Waals surface area contributed by atoms with Crippen LogP contribution in [0.3, 0.4) is 0 Å². The van der Waals surface area contributed by atoms with Gasteiger partial charge in [-0.2, -0.15) is 10.2 Å². The van der Waals surface area contributed by atoms with Crippen molar-refractivity contribution in [3.63, 3.8) is 0 Å². The zero-order valence-electron chi connectivity index (χ0n) is 13.3. The van der Waals surface area contributed by atoms with E-state index < -0.39 is 0 Å². The lowest BCUT2D eigenvalue weighted by Gasteiger charge is -2.09. The van der Waals surface area contributed by atoms with Crippen LogP contribution in [0.25, 0.3) is 0 Å². The maximum Gasteiger partial charge on any atom is 0.151 e. The van der Waals surface area contributed by atoms with Crippen molar-refractivity contribution in [2.75, 3.05) is 5.32 Å². The molecule has 0 fully saturated rings. The highest BCUT2D eigenvalue weighted by atomic mass is 15.3. The Kier molecular flexibility index (Phi) is 4.16. The van der Waals surface area contributed by atoms with Crippen molar-refractivity contribution in [3.8, 4) is 0 Å². The van der Waals surface area contributed by atoms with Gasteiger partial charge in [0.2, 0.25) is 0 Å². The Labute approximate surface area is 121 Å². The number of nitrogens with one attached hydrogen (secondary N) is 1. The summed E-state index contributed by atoms with van der Waals surface area (Å²) in [5, 5.41) is 12.4. The predicted molar refractivity (Wildman–Crippen MR) is 82.0 cm³/mol. The van der Waals surface area contributed by atoms with Crippen molar-refractivity contribution >= 4 is 5.82 Å². The topological polar surface area (TPSA) is 47.7 Å². The molecule has 110 valence electrons. The molecule has 5 nitrogen and oxygen atoms in total. The minimum Gasteiger partial charge on any atom is -0.364 e. The van der Waals surface area contributed by atoms with Gasteiger partial charge >= 0.3 is 0 Å². The fraction of sp³-hybridized carbons (Fsp3) is 0.600. The van der Waals surface area contributed by atoms with Gasteiger partial charge in [-0.1, -0.05) is 0 Å². The number of nitrogens with zero attached hydrogens (tertiary/aromatic N) is 4. The van der Waals surface area contributed by atoms with Gasteiger partial charge in [0.05, 0.1) is 6.20 Å². The molecule has 0 radical (unpaired) electrons. The summed E-state index contributed by atoms with van der Waals surface area (Å²) >= 11 is 0. The average Bonchev–Trinajstić information content (AvgIpc) is 2.91. The van der Waals surface area contributed by atoms with E-state index in [4.69, 9.17) is 0 Å². The molecule has 0 aliphatic rings. The standard InChI is InChI=1S/C15H25N5/c1-10(2)19-9-12(5)15(18-19)16-7-14-8-17-20(11(3)4)13(14)6/h8-11H,7H2,1-6H3,(H,16,18). The normalized spacial score (nSPS) is 11.6. The van der Waals surface area contributed by atoms with E-state index in [2.05, 4.69) is 67.9 Å². The molecule has 20 heavy (non-hydrogen) atoms. The Bertz CT molecular complexity index is 575. The maximum atomic E-state index is 4.57. The van der Waals surface area contributed by atoms with Gasteiger partial charge in [-0.15, -0.1) is 0 Å². The molecule has 2 aromatic heterocycles. The van der Waals surface area contributed by atoms with Crippen molar-refractivity contribution in [2.45, 2.75) is 60.2 Å². The molecule has 0 atom stereocenters. The minimum atomic E-state index is 0.384. The number of aryl methyl sites for hydroxylation is 1. The highest BCUT2D eigenvalue weighted by Gasteiger charge is 2.11. The molecule has 0 amide bonds. The largest absolute Gasteiger partial charge is 0.364 e.